The molecule has 0 bridgehead atoms. The summed E-state index contributed by atoms with van der Waals surface area (Å²) in [5.74, 6) is 0.0771. The highest BCUT2D eigenvalue weighted by Gasteiger charge is 2.29. The number of hydrogen-bond acceptors (Lipinski definition) is 4. The Morgan fingerprint density at radius 1 is 1.03 bits per heavy atom. The third-order valence-electron chi connectivity index (χ3n) is 6.52. The van der Waals surface area contributed by atoms with Crippen LogP contribution in [0.3, 0.4) is 0 Å². The van der Waals surface area contributed by atoms with E-state index in [9.17, 15) is 14.0 Å². The van der Waals surface area contributed by atoms with Gasteiger partial charge in [0.15, 0.2) is 5.76 Å². The number of carbonyl (C=O) groups excluding carboxylic acids is 2. The summed E-state index contributed by atoms with van der Waals surface area (Å²) in [5.41, 5.74) is 2.51. The van der Waals surface area contributed by atoms with Crippen molar-refractivity contribution in [2.24, 2.45) is 5.92 Å². The molecule has 1 saturated heterocycles. The van der Waals surface area contributed by atoms with Gasteiger partial charge in [0.25, 0.3) is 5.91 Å². The highest BCUT2D eigenvalue weighted by Crippen LogP contribution is 2.27. The molecule has 2 aromatic carbocycles. The van der Waals surface area contributed by atoms with E-state index < -0.39 is 0 Å². The largest absolute Gasteiger partial charge is 0.463 e. The summed E-state index contributed by atoms with van der Waals surface area (Å²) in [6, 6.07) is 19.6. The first kappa shape index (κ1) is 22.8. The number of rotatable bonds is 6. The van der Waals surface area contributed by atoms with Gasteiger partial charge in [-0.3, -0.25) is 9.59 Å². The second-order valence-corrected chi connectivity index (χ2v) is 8.75. The maximum absolute atomic E-state index is 13.8. The molecule has 2 aromatic heterocycles. The van der Waals surface area contributed by atoms with Crippen molar-refractivity contribution in [3.63, 3.8) is 0 Å². The maximum atomic E-state index is 13.8. The normalized spacial score (nSPS) is 14.3. The lowest BCUT2D eigenvalue weighted by molar-refractivity contribution is -0.126. The zero-order chi connectivity index (χ0) is 24.2. The molecular formula is C28H26FN3O3. The molecule has 178 valence electrons. The minimum absolute atomic E-state index is 0.0390. The number of likely N-dealkylation sites (tertiary alicyclic amines) is 1. The Kier molecular flexibility index (Phi) is 6.57. The monoisotopic (exact) mass is 471 g/mol. The van der Waals surface area contributed by atoms with E-state index in [-0.39, 0.29) is 23.5 Å². The fraction of sp³-hybridized carbons (Fsp3) is 0.250. The van der Waals surface area contributed by atoms with Crippen LogP contribution in [-0.2, 0) is 11.2 Å². The van der Waals surface area contributed by atoms with Gasteiger partial charge in [0.2, 0.25) is 5.91 Å². The van der Waals surface area contributed by atoms with Crippen LogP contribution in [0, 0.1) is 11.7 Å². The quantitative estimate of drug-likeness (QED) is 0.436. The van der Waals surface area contributed by atoms with Crippen molar-refractivity contribution in [3.8, 4) is 11.5 Å². The molecule has 3 heterocycles. The molecule has 6 nitrogen and oxygen atoms in total. The Bertz CT molecular complexity index is 1340. The van der Waals surface area contributed by atoms with Crippen LogP contribution in [0.15, 0.2) is 77.4 Å². The summed E-state index contributed by atoms with van der Waals surface area (Å²) >= 11 is 0. The number of nitrogens with one attached hydrogen (secondary N) is 1. The van der Waals surface area contributed by atoms with E-state index in [1.54, 1.807) is 41.5 Å². The number of amides is 2. The molecule has 0 spiro atoms. The Morgan fingerprint density at radius 2 is 1.80 bits per heavy atom. The third kappa shape index (κ3) is 4.94. The van der Waals surface area contributed by atoms with Gasteiger partial charge in [-0.1, -0.05) is 36.4 Å². The smallest absolute Gasteiger partial charge is 0.254 e. The van der Waals surface area contributed by atoms with Gasteiger partial charge >= 0.3 is 0 Å². The van der Waals surface area contributed by atoms with Gasteiger partial charge in [-0.2, -0.15) is 0 Å². The predicted molar refractivity (Wildman–Crippen MR) is 131 cm³/mol. The lowest BCUT2D eigenvalue weighted by atomic mass is 9.95. The summed E-state index contributed by atoms with van der Waals surface area (Å²) in [4.78, 5) is 32.6. The first-order valence-electron chi connectivity index (χ1n) is 11.8. The van der Waals surface area contributed by atoms with Gasteiger partial charge in [-0.05, 0) is 55.2 Å². The zero-order valence-corrected chi connectivity index (χ0v) is 19.2. The van der Waals surface area contributed by atoms with Gasteiger partial charge in [-0.25, -0.2) is 9.37 Å². The minimum atomic E-state index is -0.257. The van der Waals surface area contributed by atoms with Crippen molar-refractivity contribution in [2.75, 3.05) is 19.6 Å². The number of halogens is 1. The molecule has 0 atom stereocenters. The van der Waals surface area contributed by atoms with E-state index in [0.29, 0.717) is 61.5 Å². The van der Waals surface area contributed by atoms with E-state index in [1.807, 2.05) is 30.3 Å². The number of hydrogen-bond donors (Lipinski definition) is 1. The first-order valence-corrected chi connectivity index (χ1v) is 11.8. The van der Waals surface area contributed by atoms with Crippen LogP contribution < -0.4 is 5.32 Å². The molecule has 0 unspecified atom stereocenters. The molecule has 5 rings (SSSR count). The molecule has 1 fully saturated rings. The molecule has 1 aliphatic heterocycles. The van der Waals surface area contributed by atoms with Gasteiger partial charge in [-0.15, -0.1) is 0 Å². The topological polar surface area (TPSA) is 75.4 Å². The summed E-state index contributed by atoms with van der Waals surface area (Å²) in [6.07, 6.45) is 3.21. The Morgan fingerprint density at radius 3 is 2.57 bits per heavy atom. The summed E-state index contributed by atoms with van der Waals surface area (Å²) < 4.78 is 19.3. The molecule has 35 heavy (non-hydrogen) atoms. The highest BCUT2D eigenvalue weighted by molar-refractivity contribution is 6.07. The molecule has 1 aliphatic rings. The van der Waals surface area contributed by atoms with Gasteiger partial charge in [0, 0.05) is 30.9 Å². The predicted octanol–water partition coefficient (Wildman–Crippen LogP) is 4.85. The lowest BCUT2D eigenvalue weighted by Gasteiger charge is -2.31. The number of aromatic nitrogens is 1. The number of piperidine rings is 1. The maximum Gasteiger partial charge on any atom is 0.254 e. The number of nitrogens with zero attached hydrogens (tertiary/aromatic N) is 2. The average molecular weight is 472 g/mol. The number of carbonyl (C=O) groups is 2. The van der Waals surface area contributed by atoms with Crippen LogP contribution in [0.2, 0.25) is 0 Å². The Hall–Kier alpha value is -4.00. The molecule has 0 aliphatic carbocycles. The summed E-state index contributed by atoms with van der Waals surface area (Å²) in [7, 11) is 0. The van der Waals surface area contributed by atoms with Crippen LogP contribution in [0.25, 0.3) is 22.4 Å². The van der Waals surface area contributed by atoms with Crippen molar-refractivity contribution >= 4 is 22.7 Å². The summed E-state index contributed by atoms with van der Waals surface area (Å²) in [5, 5.41) is 3.72. The van der Waals surface area contributed by atoms with E-state index in [0.717, 1.165) is 10.9 Å². The molecule has 2 amide bonds. The van der Waals surface area contributed by atoms with E-state index in [2.05, 4.69) is 10.3 Å². The average Bonchev–Trinajstić information content (AvgIpc) is 3.44. The summed E-state index contributed by atoms with van der Waals surface area (Å²) in [6.45, 7) is 1.38. The Balaban J connectivity index is 1.23. The molecule has 0 radical (unpaired) electrons. The van der Waals surface area contributed by atoms with Crippen molar-refractivity contribution in [1.29, 1.82) is 0 Å². The van der Waals surface area contributed by atoms with Gasteiger partial charge < -0.3 is 14.6 Å². The van der Waals surface area contributed by atoms with Crippen molar-refractivity contribution in [2.45, 2.75) is 19.3 Å². The van der Waals surface area contributed by atoms with Crippen LogP contribution >= 0.6 is 0 Å². The van der Waals surface area contributed by atoms with E-state index >= 15 is 0 Å². The second-order valence-electron chi connectivity index (χ2n) is 8.75. The third-order valence-corrected chi connectivity index (χ3v) is 6.52. The molecule has 4 aromatic rings. The fourth-order valence-corrected chi connectivity index (χ4v) is 4.58. The number of benzene rings is 2. The Labute approximate surface area is 202 Å². The van der Waals surface area contributed by atoms with Gasteiger partial charge in [0.05, 0.1) is 17.3 Å². The minimum Gasteiger partial charge on any atom is -0.463 e. The molecular weight excluding hydrogens is 445 g/mol. The van der Waals surface area contributed by atoms with Crippen molar-refractivity contribution in [1.82, 2.24) is 15.2 Å². The number of fused-ring (bicyclic) bond motifs is 1. The van der Waals surface area contributed by atoms with Crippen molar-refractivity contribution < 1.29 is 18.4 Å². The highest BCUT2D eigenvalue weighted by atomic mass is 19.1. The number of furan rings is 1. The number of pyridine rings is 1. The van der Waals surface area contributed by atoms with Crippen LogP contribution in [-0.4, -0.2) is 41.3 Å². The molecule has 1 N–H and O–H groups in total. The zero-order valence-electron chi connectivity index (χ0n) is 19.2. The second kappa shape index (κ2) is 10.1. The van der Waals surface area contributed by atoms with Crippen molar-refractivity contribution in [3.05, 3.63) is 89.9 Å². The fourth-order valence-electron chi connectivity index (χ4n) is 4.58. The SMILES string of the molecule is O=C(NCCc1ccccc1F)C1CCN(C(=O)c2cc(-c3ccco3)nc3ccccc23)CC1. The van der Waals surface area contributed by atoms with Crippen LogP contribution in [0.4, 0.5) is 4.39 Å². The molecule has 0 saturated carbocycles. The number of para-hydroxylation sites is 1. The van der Waals surface area contributed by atoms with Crippen LogP contribution in [0.1, 0.15) is 28.8 Å². The standard InChI is InChI=1S/C28H26FN3O3/c29-23-8-3-1-6-19(23)11-14-30-27(33)20-12-15-32(16-13-20)28(34)22-18-25(26-10-5-17-35-26)31-24-9-4-2-7-21(22)24/h1-10,17-18,20H,11-16H2,(H,30,33). The van der Waals surface area contributed by atoms with E-state index in [4.69, 9.17) is 4.42 Å². The first-order chi connectivity index (χ1) is 17.1. The van der Waals surface area contributed by atoms with Crippen LogP contribution in [0.5, 0.6) is 0 Å². The molecule has 7 heteroatoms. The lowest BCUT2D eigenvalue weighted by Crippen LogP contribution is -2.43. The van der Waals surface area contributed by atoms with Gasteiger partial charge in [0.1, 0.15) is 11.5 Å². The van der Waals surface area contributed by atoms with E-state index in [1.165, 1.54) is 6.07 Å².